The van der Waals surface area contributed by atoms with Crippen molar-refractivity contribution < 1.29 is 9.59 Å². The molecule has 2 amide bonds. The highest BCUT2D eigenvalue weighted by Gasteiger charge is 2.19. The number of amides is 2. The molecule has 0 aliphatic heterocycles. The van der Waals surface area contributed by atoms with Crippen LogP contribution in [0.3, 0.4) is 0 Å². The van der Waals surface area contributed by atoms with Gasteiger partial charge in [-0.15, -0.1) is 11.3 Å². The quantitative estimate of drug-likeness (QED) is 0.442. The number of nitrogens with one attached hydrogen (secondary N) is 2. The van der Waals surface area contributed by atoms with E-state index in [1.54, 1.807) is 23.7 Å². The van der Waals surface area contributed by atoms with Crippen LogP contribution in [0.2, 0.25) is 5.02 Å². The fourth-order valence-corrected chi connectivity index (χ4v) is 4.27. The van der Waals surface area contributed by atoms with Crippen LogP contribution in [0.25, 0.3) is 16.4 Å². The maximum Gasteiger partial charge on any atom is 0.289 e. The number of aryl methyl sites for hydroxylation is 3. The molecule has 2 N–H and O–H groups in total. The van der Waals surface area contributed by atoms with E-state index in [2.05, 4.69) is 25.9 Å². The van der Waals surface area contributed by atoms with Gasteiger partial charge in [0.15, 0.2) is 11.5 Å². The summed E-state index contributed by atoms with van der Waals surface area (Å²) < 4.78 is 1.62. The minimum absolute atomic E-state index is 0.0250. The fourth-order valence-electron chi connectivity index (χ4n) is 3.11. The van der Waals surface area contributed by atoms with Crippen LogP contribution in [0.1, 0.15) is 37.2 Å². The first-order valence-electron chi connectivity index (χ1n) is 9.67. The monoisotopic (exact) mass is 466 g/mol. The summed E-state index contributed by atoms with van der Waals surface area (Å²) in [6, 6.07) is 14.7. The first-order valence-corrected chi connectivity index (χ1v) is 10.9. The molecule has 0 spiro atoms. The van der Waals surface area contributed by atoms with Gasteiger partial charge in [-0.1, -0.05) is 41.9 Å². The summed E-state index contributed by atoms with van der Waals surface area (Å²) in [5.74, 6) is -0.666. The second kappa shape index (κ2) is 8.89. The highest BCUT2D eigenvalue weighted by Crippen LogP contribution is 2.27. The summed E-state index contributed by atoms with van der Waals surface area (Å²) in [5, 5.41) is 5.24. The van der Waals surface area contributed by atoms with Gasteiger partial charge in [0, 0.05) is 11.3 Å². The third-order valence-electron chi connectivity index (χ3n) is 4.59. The molecule has 4 rings (SSSR count). The van der Waals surface area contributed by atoms with Gasteiger partial charge in [-0.2, -0.15) is 5.10 Å². The van der Waals surface area contributed by atoms with Gasteiger partial charge in [-0.3, -0.25) is 20.4 Å². The third-order valence-corrected chi connectivity index (χ3v) is 6.10. The number of benzene rings is 1. The molecule has 162 valence electrons. The number of aromatic nitrogens is 4. The zero-order chi connectivity index (χ0) is 22.8. The van der Waals surface area contributed by atoms with Gasteiger partial charge < -0.3 is 0 Å². The van der Waals surface area contributed by atoms with Crippen LogP contribution in [-0.2, 0) is 0 Å². The summed E-state index contributed by atoms with van der Waals surface area (Å²) >= 11 is 7.43. The van der Waals surface area contributed by atoms with E-state index in [0.29, 0.717) is 16.4 Å². The molecule has 1 aromatic carbocycles. The largest absolute Gasteiger partial charge is 0.289 e. The van der Waals surface area contributed by atoms with Gasteiger partial charge in [0.25, 0.3) is 11.8 Å². The van der Waals surface area contributed by atoms with Gasteiger partial charge in [0.2, 0.25) is 0 Å². The zero-order valence-corrected chi connectivity index (χ0v) is 19.1. The first kappa shape index (κ1) is 21.7. The van der Waals surface area contributed by atoms with Crippen LogP contribution in [0, 0.1) is 20.8 Å². The Bertz CT molecular complexity index is 1320. The Balaban J connectivity index is 1.50. The summed E-state index contributed by atoms with van der Waals surface area (Å²) in [4.78, 5) is 34.5. The molecule has 0 bridgehead atoms. The second-order valence-electron chi connectivity index (χ2n) is 7.05. The van der Waals surface area contributed by atoms with E-state index < -0.39 is 11.8 Å². The molecule has 0 aliphatic carbocycles. The van der Waals surface area contributed by atoms with E-state index in [1.807, 2.05) is 50.2 Å². The molecular weight excluding hydrogens is 448 g/mol. The summed E-state index contributed by atoms with van der Waals surface area (Å²) in [6.45, 7) is 5.50. The minimum Gasteiger partial charge on any atom is -0.266 e. The van der Waals surface area contributed by atoms with Crippen molar-refractivity contribution in [3.63, 3.8) is 0 Å². The normalized spacial score (nSPS) is 10.8. The summed E-state index contributed by atoms with van der Waals surface area (Å²) in [7, 11) is 0. The number of hydrazine groups is 1. The Labute approximate surface area is 193 Å². The average Bonchev–Trinajstić information content (AvgIpc) is 3.34. The Kier molecular flexibility index (Phi) is 6.02. The topological polar surface area (TPSA) is 102 Å². The van der Waals surface area contributed by atoms with Crippen molar-refractivity contribution in [2.75, 3.05) is 0 Å². The molecule has 0 aliphatic rings. The molecule has 0 unspecified atom stereocenters. The number of nitrogens with zero attached hydrogens (tertiary/aromatic N) is 4. The number of halogens is 1. The second-order valence-corrected chi connectivity index (χ2v) is 8.45. The van der Waals surface area contributed by atoms with Crippen molar-refractivity contribution in [1.29, 1.82) is 0 Å². The van der Waals surface area contributed by atoms with E-state index >= 15 is 0 Å². The van der Waals surface area contributed by atoms with Crippen molar-refractivity contribution in [2.45, 2.75) is 20.8 Å². The predicted molar refractivity (Wildman–Crippen MR) is 123 cm³/mol. The smallest absolute Gasteiger partial charge is 0.266 e. The molecule has 0 atom stereocenters. The molecule has 3 aromatic heterocycles. The van der Waals surface area contributed by atoms with Crippen molar-refractivity contribution >= 4 is 34.8 Å². The molecule has 8 nitrogen and oxygen atoms in total. The van der Waals surface area contributed by atoms with Gasteiger partial charge in [-0.05, 0) is 39.0 Å². The van der Waals surface area contributed by atoms with E-state index in [4.69, 9.17) is 11.6 Å². The highest BCUT2D eigenvalue weighted by atomic mass is 35.5. The first-order chi connectivity index (χ1) is 15.3. The van der Waals surface area contributed by atoms with Crippen LogP contribution in [-0.4, -0.2) is 31.6 Å². The zero-order valence-electron chi connectivity index (χ0n) is 17.5. The molecule has 0 saturated carbocycles. The number of rotatable bonds is 4. The van der Waals surface area contributed by atoms with E-state index in [9.17, 15) is 9.59 Å². The van der Waals surface area contributed by atoms with Crippen LogP contribution in [0.15, 0.2) is 48.5 Å². The lowest BCUT2D eigenvalue weighted by Gasteiger charge is -2.09. The lowest BCUT2D eigenvalue weighted by molar-refractivity contribution is 0.0845. The Hall–Kier alpha value is -3.56. The van der Waals surface area contributed by atoms with Crippen LogP contribution < -0.4 is 10.9 Å². The van der Waals surface area contributed by atoms with Gasteiger partial charge in [-0.25, -0.2) is 14.6 Å². The van der Waals surface area contributed by atoms with Crippen molar-refractivity contribution in [3.05, 3.63) is 81.2 Å². The highest BCUT2D eigenvalue weighted by molar-refractivity contribution is 7.17. The lowest BCUT2D eigenvalue weighted by atomic mass is 10.2. The predicted octanol–water partition coefficient (Wildman–Crippen LogP) is 4.04. The summed E-state index contributed by atoms with van der Waals surface area (Å²) in [5.41, 5.74) is 7.95. The minimum atomic E-state index is -0.641. The maximum absolute atomic E-state index is 12.7. The van der Waals surface area contributed by atoms with Crippen molar-refractivity contribution in [3.8, 4) is 16.4 Å². The van der Waals surface area contributed by atoms with Gasteiger partial charge in [0.1, 0.15) is 9.88 Å². The van der Waals surface area contributed by atoms with Crippen molar-refractivity contribution in [1.82, 2.24) is 30.6 Å². The molecule has 0 saturated heterocycles. The Morgan fingerprint density at radius 1 is 0.969 bits per heavy atom. The van der Waals surface area contributed by atoms with Crippen LogP contribution >= 0.6 is 22.9 Å². The molecule has 32 heavy (non-hydrogen) atoms. The SMILES string of the molecule is Cc1cc(C)n(-c2ccc(Cl)c(C(=O)NNC(=O)c3sc(-c4ccccc4)nc3C)n2)n1. The number of thiazole rings is 1. The molecule has 10 heteroatoms. The maximum atomic E-state index is 12.7. The van der Waals surface area contributed by atoms with E-state index in [-0.39, 0.29) is 10.7 Å². The van der Waals surface area contributed by atoms with Crippen LogP contribution in [0.4, 0.5) is 0 Å². The standard InChI is InChI=1S/C22H19ClN6O2S/c1-12-11-13(2)29(28-12)17-10-9-16(23)18(25-17)20(30)26-27-21(31)19-14(3)24-22(32-19)15-7-5-4-6-8-15/h4-11H,1-3H3,(H,26,30)(H,27,31). The number of hydrogen-bond donors (Lipinski definition) is 2. The molecule has 0 radical (unpaired) electrons. The Morgan fingerprint density at radius 2 is 1.69 bits per heavy atom. The number of carbonyl (C=O) groups is 2. The van der Waals surface area contributed by atoms with Gasteiger partial charge >= 0.3 is 0 Å². The fraction of sp³-hybridized carbons (Fsp3) is 0.136. The molecular formula is C22H19ClN6O2S. The Morgan fingerprint density at radius 3 is 2.38 bits per heavy atom. The van der Waals surface area contributed by atoms with E-state index in [0.717, 1.165) is 22.0 Å². The number of pyridine rings is 1. The summed E-state index contributed by atoms with van der Waals surface area (Å²) in [6.07, 6.45) is 0. The van der Waals surface area contributed by atoms with Crippen LogP contribution in [0.5, 0.6) is 0 Å². The number of carbonyl (C=O) groups excluding carboxylic acids is 2. The van der Waals surface area contributed by atoms with Gasteiger partial charge in [0.05, 0.1) is 16.4 Å². The molecule has 4 aromatic rings. The van der Waals surface area contributed by atoms with Crippen molar-refractivity contribution in [2.24, 2.45) is 0 Å². The lowest BCUT2D eigenvalue weighted by Crippen LogP contribution is -2.42. The molecule has 0 fully saturated rings. The average molecular weight is 467 g/mol. The number of hydrogen-bond acceptors (Lipinski definition) is 6. The van der Waals surface area contributed by atoms with E-state index in [1.165, 1.54) is 11.3 Å². The molecule has 3 heterocycles. The third kappa shape index (κ3) is 4.39.